The van der Waals surface area contributed by atoms with E-state index in [0.29, 0.717) is 24.3 Å². The Labute approximate surface area is 149 Å². The van der Waals surface area contributed by atoms with Crippen molar-refractivity contribution in [2.45, 2.75) is 25.9 Å². The van der Waals surface area contributed by atoms with Gasteiger partial charge in [0.25, 0.3) is 0 Å². The third-order valence-corrected chi connectivity index (χ3v) is 5.73. The molecule has 0 aromatic heterocycles. The van der Waals surface area contributed by atoms with Crippen molar-refractivity contribution in [3.05, 3.63) is 23.8 Å². The Balaban J connectivity index is 0.00000288. The molecule has 3 N–H and O–H groups in total. The van der Waals surface area contributed by atoms with Crippen LogP contribution in [0.1, 0.15) is 18.4 Å². The molecule has 0 aliphatic carbocycles. The Kier molecular flexibility index (Phi) is 7.47. The Morgan fingerprint density at radius 3 is 2.71 bits per heavy atom. The van der Waals surface area contributed by atoms with Crippen molar-refractivity contribution in [2.24, 2.45) is 5.73 Å². The number of rotatable bonds is 6. The van der Waals surface area contributed by atoms with Crippen LogP contribution in [0.25, 0.3) is 0 Å². The second kappa shape index (κ2) is 8.66. The summed E-state index contributed by atoms with van der Waals surface area (Å²) in [5, 5.41) is 2.76. The molecule has 1 unspecified atom stereocenters. The average molecular weight is 378 g/mol. The summed E-state index contributed by atoms with van der Waals surface area (Å²) in [6.45, 7) is 2.58. The summed E-state index contributed by atoms with van der Waals surface area (Å²) in [5.74, 6) is -0.0592. The van der Waals surface area contributed by atoms with E-state index in [0.717, 1.165) is 5.56 Å². The van der Waals surface area contributed by atoms with Crippen molar-refractivity contribution < 1.29 is 17.9 Å². The Morgan fingerprint density at radius 2 is 2.17 bits per heavy atom. The SMILES string of the molecule is COC(CN)CC(=O)Nc1ccc(C)c(N2CCCS2(=O)=O)c1.Cl. The fourth-order valence-electron chi connectivity index (χ4n) is 2.55. The first-order valence-corrected chi connectivity index (χ1v) is 9.12. The molecule has 1 heterocycles. The molecule has 0 saturated carbocycles. The lowest BCUT2D eigenvalue weighted by molar-refractivity contribution is -0.118. The molecule has 1 saturated heterocycles. The number of nitrogens with two attached hydrogens (primary N) is 1. The molecule has 0 bridgehead atoms. The van der Waals surface area contributed by atoms with E-state index in [4.69, 9.17) is 10.5 Å². The first-order chi connectivity index (χ1) is 10.9. The number of methoxy groups -OCH3 is 1. The Bertz CT molecular complexity index is 677. The summed E-state index contributed by atoms with van der Waals surface area (Å²) in [6, 6.07) is 5.25. The van der Waals surface area contributed by atoms with Crippen molar-refractivity contribution in [3.8, 4) is 0 Å². The van der Waals surface area contributed by atoms with Crippen molar-refractivity contribution in [1.82, 2.24) is 0 Å². The van der Waals surface area contributed by atoms with Gasteiger partial charge in [-0.3, -0.25) is 9.10 Å². The summed E-state index contributed by atoms with van der Waals surface area (Å²) in [4.78, 5) is 12.0. The molecule has 1 aliphatic rings. The molecule has 9 heteroatoms. The number of sulfonamides is 1. The van der Waals surface area contributed by atoms with Gasteiger partial charge in [0.1, 0.15) is 0 Å². The first-order valence-electron chi connectivity index (χ1n) is 7.51. The summed E-state index contributed by atoms with van der Waals surface area (Å²) in [7, 11) is -1.74. The number of anilines is 2. The lowest BCUT2D eigenvalue weighted by atomic mass is 10.1. The molecule has 2 rings (SSSR count). The highest BCUT2D eigenvalue weighted by Crippen LogP contribution is 2.30. The number of nitrogens with zero attached hydrogens (tertiary/aromatic N) is 1. The summed E-state index contributed by atoms with van der Waals surface area (Å²) >= 11 is 0. The first kappa shape index (κ1) is 20.7. The van der Waals surface area contributed by atoms with E-state index in [9.17, 15) is 13.2 Å². The van der Waals surface area contributed by atoms with Gasteiger partial charge in [0, 0.05) is 25.9 Å². The number of amides is 1. The molecular weight excluding hydrogens is 354 g/mol. The minimum atomic E-state index is -3.25. The Morgan fingerprint density at radius 1 is 1.46 bits per heavy atom. The highest BCUT2D eigenvalue weighted by molar-refractivity contribution is 7.93. The van der Waals surface area contributed by atoms with Gasteiger partial charge in [-0.1, -0.05) is 6.07 Å². The second-order valence-corrected chi connectivity index (χ2v) is 7.60. The van der Waals surface area contributed by atoms with Gasteiger partial charge in [-0.2, -0.15) is 0 Å². The molecular formula is C15H24ClN3O4S. The minimum absolute atomic E-state index is 0. The molecule has 1 amide bonds. The number of nitrogens with one attached hydrogen (secondary N) is 1. The van der Waals surface area contributed by atoms with Gasteiger partial charge in [-0.05, 0) is 31.0 Å². The van der Waals surface area contributed by atoms with Crippen LogP contribution in [0.5, 0.6) is 0 Å². The van der Waals surface area contributed by atoms with Crippen LogP contribution in [0, 0.1) is 6.92 Å². The van der Waals surface area contributed by atoms with Crippen LogP contribution in [0.4, 0.5) is 11.4 Å². The maximum Gasteiger partial charge on any atom is 0.235 e. The van der Waals surface area contributed by atoms with Crippen LogP contribution >= 0.6 is 12.4 Å². The van der Waals surface area contributed by atoms with Crippen molar-refractivity contribution in [2.75, 3.05) is 35.6 Å². The number of benzene rings is 1. The van der Waals surface area contributed by atoms with Gasteiger partial charge in [0.2, 0.25) is 15.9 Å². The fourth-order valence-corrected chi connectivity index (χ4v) is 4.17. The number of ether oxygens (including phenoxy) is 1. The zero-order chi connectivity index (χ0) is 17.0. The number of hydrogen-bond donors (Lipinski definition) is 2. The van der Waals surface area contributed by atoms with E-state index in [2.05, 4.69) is 5.32 Å². The quantitative estimate of drug-likeness (QED) is 0.777. The van der Waals surface area contributed by atoms with Crippen LogP contribution in [-0.4, -0.2) is 46.4 Å². The summed E-state index contributed by atoms with van der Waals surface area (Å²) in [5.41, 5.74) is 7.53. The minimum Gasteiger partial charge on any atom is -0.380 e. The predicted octanol–water partition coefficient (Wildman–Crippen LogP) is 1.26. The second-order valence-electron chi connectivity index (χ2n) is 5.59. The standard InChI is InChI=1S/C15H23N3O4S.ClH/c1-11-4-5-12(17-15(19)9-13(10-16)22-2)8-14(11)18-6-3-7-23(18,20)21;/h4-5,8,13H,3,6-7,9-10,16H2,1-2H3,(H,17,19);1H. The smallest absolute Gasteiger partial charge is 0.235 e. The molecule has 1 fully saturated rings. The molecule has 136 valence electrons. The van der Waals surface area contributed by atoms with Crippen molar-refractivity contribution in [1.29, 1.82) is 0 Å². The summed E-state index contributed by atoms with van der Waals surface area (Å²) < 4.78 is 30.7. The van der Waals surface area contributed by atoms with Gasteiger partial charge >= 0.3 is 0 Å². The van der Waals surface area contributed by atoms with Crippen LogP contribution in [0.3, 0.4) is 0 Å². The van der Waals surface area contributed by atoms with Gasteiger partial charge in [0.05, 0.1) is 24.0 Å². The van der Waals surface area contributed by atoms with Gasteiger partial charge in [-0.15, -0.1) is 12.4 Å². The third-order valence-electron chi connectivity index (χ3n) is 3.87. The maximum absolute atomic E-state index is 12.1. The van der Waals surface area contributed by atoms with E-state index in [1.165, 1.54) is 11.4 Å². The largest absolute Gasteiger partial charge is 0.380 e. The lowest BCUT2D eigenvalue weighted by Crippen LogP contribution is -2.28. The zero-order valence-corrected chi connectivity index (χ0v) is 15.5. The molecule has 24 heavy (non-hydrogen) atoms. The summed E-state index contributed by atoms with van der Waals surface area (Å²) in [6.07, 6.45) is 0.432. The fraction of sp³-hybridized carbons (Fsp3) is 0.533. The van der Waals surface area contributed by atoms with E-state index in [1.54, 1.807) is 18.2 Å². The maximum atomic E-state index is 12.1. The van der Waals surface area contributed by atoms with Gasteiger partial charge in [-0.25, -0.2) is 8.42 Å². The molecule has 1 aromatic carbocycles. The number of carbonyl (C=O) groups excluding carboxylic acids is 1. The van der Waals surface area contributed by atoms with Gasteiger partial charge in [0.15, 0.2) is 0 Å². The van der Waals surface area contributed by atoms with E-state index < -0.39 is 10.0 Å². The zero-order valence-electron chi connectivity index (χ0n) is 13.8. The predicted molar refractivity (Wildman–Crippen MR) is 97.3 cm³/mol. The topological polar surface area (TPSA) is 102 Å². The van der Waals surface area contributed by atoms with E-state index in [1.807, 2.05) is 6.92 Å². The highest BCUT2D eigenvalue weighted by atomic mass is 35.5. The van der Waals surface area contributed by atoms with E-state index >= 15 is 0 Å². The van der Waals surface area contributed by atoms with Crippen LogP contribution in [-0.2, 0) is 19.6 Å². The molecule has 1 atom stereocenters. The normalized spacial score (nSPS) is 17.2. The monoisotopic (exact) mass is 377 g/mol. The van der Waals surface area contributed by atoms with Gasteiger partial charge < -0.3 is 15.8 Å². The molecule has 0 spiro atoms. The molecule has 1 aliphatic heterocycles. The third kappa shape index (κ3) is 4.83. The molecule has 0 radical (unpaired) electrons. The lowest BCUT2D eigenvalue weighted by Gasteiger charge is -2.20. The molecule has 1 aromatic rings. The molecule has 7 nitrogen and oxygen atoms in total. The van der Waals surface area contributed by atoms with E-state index in [-0.39, 0.29) is 43.1 Å². The highest BCUT2D eigenvalue weighted by Gasteiger charge is 2.29. The number of carbonyl (C=O) groups is 1. The van der Waals surface area contributed by atoms with Crippen LogP contribution in [0.2, 0.25) is 0 Å². The average Bonchev–Trinajstić information content (AvgIpc) is 2.86. The van der Waals surface area contributed by atoms with Crippen LogP contribution in [0.15, 0.2) is 18.2 Å². The number of hydrogen-bond acceptors (Lipinski definition) is 5. The Hall–Kier alpha value is -1.35. The number of halogens is 1. The number of aryl methyl sites for hydroxylation is 1. The van der Waals surface area contributed by atoms with Crippen molar-refractivity contribution in [3.63, 3.8) is 0 Å². The van der Waals surface area contributed by atoms with Crippen molar-refractivity contribution >= 4 is 39.7 Å². The van der Waals surface area contributed by atoms with Crippen LogP contribution < -0.4 is 15.4 Å².